The Morgan fingerprint density at radius 1 is 1.17 bits per heavy atom. The Balaban J connectivity index is 1.54. The zero-order valence-electron chi connectivity index (χ0n) is 17.0. The normalized spacial score (nSPS) is 30.2. The minimum atomic E-state index is -1.32. The van der Waals surface area contributed by atoms with Gasteiger partial charge in [-0.15, -0.1) is 0 Å². The van der Waals surface area contributed by atoms with Crippen molar-refractivity contribution in [1.82, 2.24) is 19.5 Å². The topological polar surface area (TPSA) is 147 Å². The number of aliphatic hydroxyl groups is 2. The molecule has 1 aliphatic carbocycles. The van der Waals surface area contributed by atoms with E-state index in [0.717, 1.165) is 25.7 Å². The van der Waals surface area contributed by atoms with E-state index in [9.17, 15) is 10.2 Å². The fourth-order valence-electron chi connectivity index (χ4n) is 4.61. The SMILES string of the molecule is CC1(C)O[C@H]2[C@H](n3cnc4c(N)nc(OC5CCCC5)nc43)OC(CO)(CO)[C@H]2O1. The number of nitrogen functional groups attached to an aromatic ring is 1. The Morgan fingerprint density at radius 3 is 2.60 bits per heavy atom. The van der Waals surface area contributed by atoms with Gasteiger partial charge in [0.1, 0.15) is 23.9 Å². The molecule has 30 heavy (non-hydrogen) atoms. The number of anilines is 1. The predicted octanol–water partition coefficient (Wildman–Crippen LogP) is 0.502. The van der Waals surface area contributed by atoms with Crippen LogP contribution in [-0.2, 0) is 14.2 Å². The number of aliphatic hydroxyl groups excluding tert-OH is 2. The molecule has 0 amide bonds. The van der Waals surface area contributed by atoms with Gasteiger partial charge in [0.25, 0.3) is 0 Å². The number of nitrogens with zero attached hydrogens (tertiary/aromatic N) is 4. The number of hydrogen-bond donors (Lipinski definition) is 3. The highest BCUT2D eigenvalue weighted by Crippen LogP contribution is 2.48. The molecule has 4 heterocycles. The van der Waals surface area contributed by atoms with Gasteiger partial charge in [-0.3, -0.25) is 4.57 Å². The van der Waals surface area contributed by atoms with Gasteiger partial charge >= 0.3 is 6.01 Å². The van der Waals surface area contributed by atoms with E-state index in [2.05, 4.69) is 15.0 Å². The van der Waals surface area contributed by atoms with E-state index >= 15 is 0 Å². The van der Waals surface area contributed by atoms with E-state index in [4.69, 9.17) is 24.7 Å². The van der Waals surface area contributed by atoms with Crippen LogP contribution in [0.4, 0.5) is 5.82 Å². The molecule has 0 bridgehead atoms. The van der Waals surface area contributed by atoms with Gasteiger partial charge in [-0.25, -0.2) is 4.98 Å². The zero-order valence-corrected chi connectivity index (χ0v) is 17.0. The summed E-state index contributed by atoms with van der Waals surface area (Å²) in [5.74, 6) is -0.686. The summed E-state index contributed by atoms with van der Waals surface area (Å²) in [5.41, 5.74) is 5.64. The predicted molar refractivity (Wildman–Crippen MR) is 103 cm³/mol. The lowest BCUT2D eigenvalue weighted by atomic mass is 9.97. The summed E-state index contributed by atoms with van der Waals surface area (Å²) < 4.78 is 25.7. The lowest BCUT2D eigenvalue weighted by molar-refractivity contribution is -0.233. The average Bonchev–Trinajstić information content (AvgIpc) is 3.46. The van der Waals surface area contributed by atoms with Crippen LogP contribution >= 0.6 is 0 Å². The first-order chi connectivity index (χ1) is 14.4. The highest BCUT2D eigenvalue weighted by atomic mass is 16.8. The number of rotatable bonds is 5. The molecule has 5 rings (SSSR count). The number of aromatic nitrogens is 4. The first-order valence-corrected chi connectivity index (χ1v) is 10.3. The summed E-state index contributed by atoms with van der Waals surface area (Å²) >= 11 is 0. The maximum Gasteiger partial charge on any atom is 0.320 e. The van der Waals surface area contributed by atoms with Crippen LogP contribution in [0.5, 0.6) is 6.01 Å². The average molecular weight is 421 g/mol. The molecule has 11 heteroatoms. The van der Waals surface area contributed by atoms with Gasteiger partial charge in [-0.1, -0.05) is 0 Å². The van der Waals surface area contributed by atoms with Crippen LogP contribution < -0.4 is 10.5 Å². The van der Waals surface area contributed by atoms with E-state index in [0.29, 0.717) is 11.2 Å². The largest absolute Gasteiger partial charge is 0.460 e. The summed E-state index contributed by atoms with van der Waals surface area (Å²) in [7, 11) is 0. The van der Waals surface area contributed by atoms with Gasteiger partial charge in [-0.2, -0.15) is 9.97 Å². The molecule has 164 valence electrons. The molecular formula is C19H27N5O6. The minimum Gasteiger partial charge on any atom is -0.460 e. The zero-order chi connectivity index (χ0) is 21.1. The van der Waals surface area contributed by atoms with Crippen LogP contribution in [-0.4, -0.2) is 72.6 Å². The highest BCUT2D eigenvalue weighted by Gasteiger charge is 2.63. The van der Waals surface area contributed by atoms with E-state index in [1.807, 2.05) is 0 Å². The van der Waals surface area contributed by atoms with Crippen LogP contribution in [0.25, 0.3) is 11.2 Å². The van der Waals surface area contributed by atoms with Gasteiger partial charge in [0.15, 0.2) is 29.0 Å². The molecule has 3 fully saturated rings. The highest BCUT2D eigenvalue weighted by molar-refractivity contribution is 5.82. The lowest BCUT2D eigenvalue weighted by Gasteiger charge is -2.31. The molecule has 3 atom stereocenters. The van der Waals surface area contributed by atoms with Crippen LogP contribution in [0.3, 0.4) is 0 Å². The third kappa shape index (κ3) is 3.04. The molecule has 0 unspecified atom stereocenters. The Kier molecular flexibility index (Phi) is 4.63. The minimum absolute atomic E-state index is 0.0779. The first-order valence-electron chi connectivity index (χ1n) is 10.3. The van der Waals surface area contributed by atoms with Gasteiger partial charge in [0, 0.05) is 0 Å². The van der Waals surface area contributed by atoms with Crippen LogP contribution in [0.15, 0.2) is 6.33 Å². The molecule has 4 N–H and O–H groups in total. The number of imidazole rings is 1. The van der Waals surface area contributed by atoms with Crippen LogP contribution in [0.2, 0.25) is 0 Å². The molecular weight excluding hydrogens is 394 g/mol. The third-order valence-electron chi connectivity index (χ3n) is 6.10. The summed E-state index contributed by atoms with van der Waals surface area (Å²) in [6.45, 7) is 2.70. The van der Waals surface area contributed by atoms with Crippen molar-refractivity contribution in [3.05, 3.63) is 6.33 Å². The summed E-state index contributed by atoms with van der Waals surface area (Å²) in [5, 5.41) is 20.0. The standard InChI is InChI=1S/C19H27N5O6/c1-18(2)28-12-13(29-18)19(7-25,8-26)30-16(12)24-9-21-11-14(20)22-17(23-15(11)24)27-10-5-3-4-6-10/h9-10,12-13,16,25-26H,3-8H2,1-2H3,(H2,20,22,23)/t12-,13+,16-/m1/s1. The molecule has 11 nitrogen and oxygen atoms in total. The Hall–Kier alpha value is -2.05. The number of nitrogens with two attached hydrogens (primary N) is 1. The second-order valence-corrected chi connectivity index (χ2v) is 8.65. The van der Waals surface area contributed by atoms with Crippen molar-refractivity contribution in [2.45, 2.75) is 75.5 Å². The van der Waals surface area contributed by atoms with Gasteiger partial charge in [0.05, 0.1) is 19.5 Å². The quantitative estimate of drug-likeness (QED) is 0.623. The van der Waals surface area contributed by atoms with Crippen LogP contribution in [0.1, 0.15) is 45.8 Å². The number of hydrogen-bond acceptors (Lipinski definition) is 10. The molecule has 1 saturated carbocycles. The Morgan fingerprint density at radius 2 is 1.90 bits per heavy atom. The maximum absolute atomic E-state index is 10.00. The molecule has 2 saturated heterocycles. The van der Waals surface area contributed by atoms with Gasteiger partial charge in [-0.05, 0) is 39.5 Å². The van der Waals surface area contributed by atoms with Gasteiger partial charge < -0.3 is 34.9 Å². The molecule has 0 aromatic carbocycles. The lowest BCUT2D eigenvalue weighted by Crippen LogP contribution is -2.49. The monoisotopic (exact) mass is 421 g/mol. The van der Waals surface area contributed by atoms with Crippen molar-refractivity contribution in [2.75, 3.05) is 18.9 Å². The maximum atomic E-state index is 10.00. The van der Waals surface area contributed by atoms with E-state index < -0.39 is 43.0 Å². The van der Waals surface area contributed by atoms with Crippen molar-refractivity contribution < 1.29 is 29.2 Å². The molecule has 2 aromatic rings. The Labute approximate surface area is 173 Å². The first kappa shape index (κ1) is 19.9. The smallest absolute Gasteiger partial charge is 0.320 e. The van der Waals surface area contributed by atoms with Crippen molar-refractivity contribution in [3.63, 3.8) is 0 Å². The van der Waals surface area contributed by atoms with Crippen molar-refractivity contribution in [2.24, 2.45) is 0 Å². The fourth-order valence-corrected chi connectivity index (χ4v) is 4.61. The van der Waals surface area contributed by atoms with Crippen molar-refractivity contribution in [3.8, 4) is 6.01 Å². The van der Waals surface area contributed by atoms with Crippen molar-refractivity contribution in [1.29, 1.82) is 0 Å². The molecule has 0 radical (unpaired) electrons. The Bertz CT molecular complexity index is 939. The molecule has 0 spiro atoms. The second kappa shape index (κ2) is 6.99. The van der Waals surface area contributed by atoms with E-state index in [1.54, 1.807) is 18.4 Å². The number of fused-ring (bicyclic) bond motifs is 2. The summed E-state index contributed by atoms with van der Waals surface area (Å²) in [6, 6.07) is 0.197. The van der Waals surface area contributed by atoms with E-state index in [-0.39, 0.29) is 17.9 Å². The third-order valence-corrected chi connectivity index (χ3v) is 6.10. The fraction of sp³-hybridized carbons (Fsp3) is 0.737. The molecule has 2 aromatic heterocycles. The number of ether oxygens (including phenoxy) is 4. The van der Waals surface area contributed by atoms with E-state index in [1.165, 1.54) is 6.33 Å². The van der Waals surface area contributed by atoms with Crippen molar-refractivity contribution >= 4 is 17.0 Å². The molecule has 3 aliphatic rings. The summed E-state index contributed by atoms with van der Waals surface area (Å²) in [6.07, 6.45) is 3.79. The van der Waals surface area contributed by atoms with Gasteiger partial charge in [0.2, 0.25) is 0 Å². The molecule has 2 aliphatic heterocycles. The second-order valence-electron chi connectivity index (χ2n) is 8.65. The summed E-state index contributed by atoms with van der Waals surface area (Å²) in [4.78, 5) is 13.1. The van der Waals surface area contributed by atoms with Crippen LogP contribution in [0, 0.1) is 0 Å².